The highest BCUT2D eigenvalue weighted by molar-refractivity contribution is 14.1. The quantitative estimate of drug-likeness (QED) is 0.867. The lowest BCUT2D eigenvalue weighted by Crippen LogP contribution is -2.15. The van der Waals surface area contributed by atoms with E-state index >= 15 is 0 Å². The van der Waals surface area contributed by atoms with Crippen molar-refractivity contribution in [2.75, 3.05) is 7.05 Å². The molecule has 0 aliphatic rings. The van der Waals surface area contributed by atoms with Crippen LogP contribution in [0.5, 0.6) is 0 Å². The van der Waals surface area contributed by atoms with Crippen LogP contribution < -0.4 is 5.32 Å². The summed E-state index contributed by atoms with van der Waals surface area (Å²) in [6.45, 7) is 2.08. The Morgan fingerprint density at radius 2 is 2.24 bits per heavy atom. The van der Waals surface area contributed by atoms with Crippen molar-refractivity contribution in [3.63, 3.8) is 0 Å². The summed E-state index contributed by atoms with van der Waals surface area (Å²) in [6.07, 6.45) is 0.921. The third-order valence-corrected chi connectivity index (χ3v) is 3.24. The SMILES string of the molecule is CCC(NC)c1nnc(-c2cccc(I)c2)o1. The Bertz CT molecular complexity index is 494. The number of hydrogen-bond acceptors (Lipinski definition) is 4. The second-order valence-corrected chi connectivity index (χ2v) is 4.95. The van der Waals surface area contributed by atoms with Gasteiger partial charge in [0.15, 0.2) is 0 Å². The highest BCUT2D eigenvalue weighted by Crippen LogP contribution is 2.23. The minimum Gasteiger partial charge on any atom is -0.419 e. The van der Waals surface area contributed by atoms with E-state index in [-0.39, 0.29) is 6.04 Å². The molecule has 0 fully saturated rings. The molecule has 2 rings (SSSR count). The minimum absolute atomic E-state index is 0.124. The summed E-state index contributed by atoms with van der Waals surface area (Å²) in [5.74, 6) is 1.22. The summed E-state index contributed by atoms with van der Waals surface area (Å²) < 4.78 is 6.83. The van der Waals surface area contributed by atoms with Gasteiger partial charge in [0.25, 0.3) is 0 Å². The Labute approximate surface area is 114 Å². The van der Waals surface area contributed by atoms with Crippen molar-refractivity contribution in [3.05, 3.63) is 33.7 Å². The van der Waals surface area contributed by atoms with Crippen molar-refractivity contribution in [1.29, 1.82) is 0 Å². The maximum atomic E-state index is 5.68. The van der Waals surface area contributed by atoms with Crippen LogP contribution in [0.15, 0.2) is 28.7 Å². The fourth-order valence-electron chi connectivity index (χ4n) is 1.62. The lowest BCUT2D eigenvalue weighted by molar-refractivity contribution is 0.415. The molecule has 5 heteroatoms. The van der Waals surface area contributed by atoms with Crippen LogP contribution in [-0.4, -0.2) is 17.2 Å². The third-order valence-electron chi connectivity index (χ3n) is 2.57. The first-order valence-electron chi connectivity index (χ1n) is 5.51. The molecule has 4 nitrogen and oxygen atoms in total. The van der Waals surface area contributed by atoms with Crippen molar-refractivity contribution in [1.82, 2.24) is 15.5 Å². The maximum Gasteiger partial charge on any atom is 0.247 e. The molecule has 1 atom stereocenters. The van der Waals surface area contributed by atoms with Crippen LogP contribution in [0.3, 0.4) is 0 Å². The molecule has 0 spiro atoms. The smallest absolute Gasteiger partial charge is 0.247 e. The van der Waals surface area contributed by atoms with E-state index < -0.39 is 0 Å². The number of aromatic nitrogens is 2. The molecule has 0 saturated carbocycles. The van der Waals surface area contributed by atoms with Gasteiger partial charge in [-0.15, -0.1) is 10.2 Å². The van der Waals surface area contributed by atoms with E-state index in [2.05, 4.69) is 45.0 Å². The van der Waals surface area contributed by atoms with Gasteiger partial charge in [-0.25, -0.2) is 0 Å². The molecule has 1 aromatic heterocycles. The minimum atomic E-state index is 0.124. The van der Waals surface area contributed by atoms with Gasteiger partial charge in [0, 0.05) is 9.13 Å². The molecule has 0 aliphatic heterocycles. The van der Waals surface area contributed by atoms with Gasteiger partial charge in [0.05, 0.1) is 6.04 Å². The lowest BCUT2D eigenvalue weighted by Gasteiger charge is -2.07. The first-order chi connectivity index (χ1) is 8.24. The Balaban J connectivity index is 2.29. The zero-order valence-electron chi connectivity index (χ0n) is 9.77. The molecular weight excluding hydrogens is 329 g/mol. The molecule has 0 radical (unpaired) electrons. The van der Waals surface area contributed by atoms with E-state index in [1.165, 1.54) is 0 Å². The van der Waals surface area contributed by atoms with E-state index in [1.54, 1.807) is 0 Å². The van der Waals surface area contributed by atoms with Crippen LogP contribution in [0.25, 0.3) is 11.5 Å². The Hall–Kier alpha value is -0.950. The normalized spacial score (nSPS) is 12.6. The maximum absolute atomic E-state index is 5.68. The summed E-state index contributed by atoms with van der Waals surface area (Å²) in [5.41, 5.74) is 0.960. The highest BCUT2D eigenvalue weighted by atomic mass is 127. The number of hydrogen-bond donors (Lipinski definition) is 1. The van der Waals surface area contributed by atoms with Crippen LogP contribution in [0.1, 0.15) is 25.3 Å². The molecule has 0 aliphatic carbocycles. The predicted octanol–water partition coefficient (Wildman–Crippen LogP) is 3.01. The molecular formula is C12H14IN3O. The summed E-state index contributed by atoms with van der Waals surface area (Å²) in [5, 5.41) is 11.3. The zero-order chi connectivity index (χ0) is 12.3. The van der Waals surface area contributed by atoms with Crippen LogP contribution in [0.2, 0.25) is 0 Å². The van der Waals surface area contributed by atoms with Gasteiger partial charge in [-0.3, -0.25) is 0 Å². The van der Waals surface area contributed by atoms with Crippen LogP contribution in [0.4, 0.5) is 0 Å². The monoisotopic (exact) mass is 343 g/mol. The fraction of sp³-hybridized carbons (Fsp3) is 0.333. The molecule has 2 aromatic rings. The van der Waals surface area contributed by atoms with Crippen molar-refractivity contribution >= 4 is 22.6 Å². The van der Waals surface area contributed by atoms with Crippen LogP contribution in [0, 0.1) is 3.57 Å². The van der Waals surface area contributed by atoms with E-state index in [1.807, 2.05) is 31.3 Å². The summed E-state index contributed by atoms with van der Waals surface area (Å²) in [7, 11) is 1.89. The van der Waals surface area contributed by atoms with Gasteiger partial charge in [-0.1, -0.05) is 13.0 Å². The number of nitrogens with zero attached hydrogens (tertiary/aromatic N) is 2. The van der Waals surface area contributed by atoms with Crippen LogP contribution in [-0.2, 0) is 0 Å². The second kappa shape index (κ2) is 5.59. The molecule has 1 N–H and O–H groups in total. The van der Waals surface area contributed by atoms with Gasteiger partial charge < -0.3 is 9.73 Å². The van der Waals surface area contributed by atoms with Crippen molar-refractivity contribution < 1.29 is 4.42 Å². The summed E-state index contributed by atoms with van der Waals surface area (Å²) in [4.78, 5) is 0. The first kappa shape index (κ1) is 12.5. The fourth-order valence-corrected chi connectivity index (χ4v) is 2.16. The third kappa shape index (κ3) is 2.84. The van der Waals surface area contributed by atoms with E-state index in [4.69, 9.17) is 4.42 Å². The van der Waals surface area contributed by atoms with Gasteiger partial charge in [-0.2, -0.15) is 0 Å². The molecule has 1 unspecified atom stereocenters. The molecule has 0 bridgehead atoms. The molecule has 0 saturated heterocycles. The number of nitrogens with one attached hydrogen (secondary N) is 1. The van der Waals surface area contributed by atoms with Gasteiger partial charge in [-0.05, 0) is 54.3 Å². The highest BCUT2D eigenvalue weighted by Gasteiger charge is 2.15. The Morgan fingerprint density at radius 3 is 2.88 bits per heavy atom. The zero-order valence-corrected chi connectivity index (χ0v) is 11.9. The number of rotatable bonds is 4. The largest absolute Gasteiger partial charge is 0.419 e. The van der Waals surface area contributed by atoms with Crippen LogP contribution >= 0.6 is 22.6 Å². The standard InChI is InChI=1S/C12H14IN3O/c1-3-10(14-2)12-16-15-11(17-12)8-5-4-6-9(13)7-8/h4-7,10,14H,3H2,1-2H3. The second-order valence-electron chi connectivity index (χ2n) is 3.71. The molecule has 17 heavy (non-hydrogen) atoms. The predicted molar refractivity (Wildman–Crippen MR) is 74.5 cm³/mol. The van der Waals surface area contributed by atoms with Gasteiger partial charge >= 0.3 is 0 Å². The lowest BCUT2D eigenvalue weighted by atomic mass is 10.2. The Kier molecular flexibility index (Phi) is 4.11. The first-order valence-corrected chi connectivity index (χ1v) is 6.59. The van der Waals surface area contributed by atoms with Gasteiger partial charge in [0.2, 0.25) is 11.8 Å². The molecule has 0 amide bonds. The van der Waals surface area contributed by atoms with E-state index in [0.29, 0.717) is 11.8 Å². The van der Waals surface area contributed by atoms with Gasteiger partial charge in [0.1, 0.15) is 0 Å². The van der Waals surface area contributed by atoms with Crippen molar-refractivity contribution in [2.45, 2.75) is 19.4 Å². The topological polar surface area (TPSA) is 51.0 Å². The summed E-state index contributed by atoms with van der Waals surface area (Å²) >= 11 is 2.26. The number of benzene rings is 1. The summed E-state index contributed by atoms with van der Waals surface area (Å²) in [6, 6.07) is 8.14. The van der Waals surface area contributed by atoms with E-state index in [9.17, 15) is 0 Å². The van der Waals surface area contributed by atoms with E-state index in [0.717, 1.165) is 15.6 Å². The number of halogens is 1. The Morgan fingerprint density at radius 1 is 1.41 bits per heavy atom. The molecule has 1 aromatic carbocycles. The van der Waals surface area contributed by atoms with Crippen molar-refractivity contribution in [3.8, 4) is 11.5 Å². The average Bonchev–Trinajstić information content (AvgIpc) is 2.80. The van der Waals surface area contributed by atoms with Crippen molar-refractivity contribution in [2.24, 2.45) is 0 Å². The molecule has 90 valence electrons. The molecule has 1 heterocycles. The average molecular weight is 343 g/mol.